The maximum atomic E-state index is 12.8. The lowest BCUT2D eigenvalue weighted by Gasteiger charge is -2.14. The van der Waals surface area contributed by atoms with E-state index in [2.05, 4.69) is 30.7 Å². The number of halogens is 3. The highest BCUT2D eigenvalue weighted by Crippen LogP contribution is 2.34. The Labute approximate surface area is 148 Å². The lowest BCUT2D eigenvalue weighted by Crippen LogP contribution is -2.21. The normalized spacial score (nSPS) is 18.6. The van der Waals surface area contributed by atoms with Crippen molar-refractivity contribution in [1.29, 1.82) is 0 Å². The van der Waals surface area contributed by atoms with Crippen LogP contribution in [0.15, 0.2) is 12.3 Å². The van der Waals surface area contributed by atoms with E-state index < -0.39 is 11.9 Å². The maximum Gasteiger partial charge on any atom is 0.435 e. The number of anilines is 2. The molecule has 7 nitrogen and oxygen atoms in total. The van der Waals surface area contributed by atoms with E-state index in [0.717, 1.165) is 30.1 Å². The summed E-state index contributed by atoms with van der Waals surface area (Å²) in [6.45, 7) is 2.79. The van der Waals surface area contributed by atoms with Gasteiger partial charge >= 0.3 is 6.18 Å². The summed E-state index contributed by atoms with van der Waals surface area (Å²) in [6, 6.07) is 1.10. The zero-order valence-electron chi connectivity index (χ0n) is 14.3. The zero-order chi connectivity index (χ0) is 18.3. The van der Waals surface area contributed by atoms with E-state index in [0.29, 0.717) is 23.7 Å². The Bertz CT molecular complexity index is 780. The van der Waals surface area contributed by atoms with Gasteiger partial charge in [-0.25, -0.2) is 4.68 Å². The standard InChI is InChI=1S/C16H20F3N7/c1-9(11-4-5-11)21-14-22-13(20-8-10-2-3-10)23-15(24-14)26-7-6-12(25-26)16(17,18)19/h6-7,9-11H,2-5,8H2,1H3,(H2,20,21,22,23,24)/t9-/m1/s1. The lowest BCUT2D eigenvalue weighted by atomic mass is 10.2. The van der Waals surface area contributed by atoms with Crippen LogP contribution in [0.25, 0.3) is 5.95 Å². The molecule has 0 radical (unpaired) electrons. The summed E-state index contributed by atoms with van der Waals surface area (Å²) in [4.78, 5) is 12.8. The molecule has 2 aliphatic carbocycles. The van der Waals surface area contributed by atoms with Gasteiger partial charge in [0.05, 0.1) is 0 Å². The quantitative estimate of drug-likeness (QED) is 0.783. The maximum absolute atomic E-state index is 12.8. The molecule has 0 bridgehead atoms. The second kappa shape index (κ2) is 6.40. The molecule has 0 unspecified atom stereocenters. The molecule has 2 aromatic rings. The predicted octanol–water partition coefficient (Wildman–Crippen LogP) is 3.11. The third kappa shape index (κ3) is 4.05. The fourth-order valence-corrected chi connectivity index (χ4v) is 2.67. The highest BCUT2D eigenvalue weighted by atomic mass is 19.4. The molecule has 2 N–H and O–H groups in total. The fourth-order valence-electron chi connectivity index (χ4n) is 2.67. The number of nitrogens with zero attached hydrogens (tertiary/aromatic N) is 5. The molecular formula is C16H20F3N7. The van der Waals surface area contributed by atoms with Crippen molar-refractivity contribution in [3.63, 3.8) is 0 Å². The van der Waals surface area contributed by atoms with Crippen molar-refractivity contribution >= 4 is 11.9 Å². The van der Waals surface area contributed by atoms with Crippen LogP contribution in [0.3, 0.4) is 0 Å². The summed E-state index contributed by atoms with van der Waals surface area (Å²) in [5.41, 5.74) is -0.980. The largest absolute Gasteiger partial charge is 0.435 e. The Balaban J connectivity index is 1.60. The van der Waals surface area contributed by atoms with Gasteiger partial charge in [0.2, 0.25) is 11.9 Å². The number of rotatable bonds is 7. The van der Waals surface area contributed by atoms with Crippen LogP contribution in [0.5, 0.6) is 0 Å². The SMILES string of the molecule is C[C@@H](Nc1nc(NCC2CC2)nc(-n2ccc(C(F)(F)F)n2)n1)C1CC1. The van der Waals surface area contributed by atoms with Crippen molar-refractivity contribution < 1.29 is 13.2 Å². The van der Waals surface area contributed by atoms with Gasteiger partial charge in [-0.05, 0) is 50.5 Å². The monoisotopic (exact) mass is 367 g/mol. The molecule has 140 valence electrons. The Hall–Kier alpha value is -2.39. The summed E-state index contributed by atoms with van der Waals surface area (Å²) in [5, 5.41) is 9.93. The highest BCUT2D eigenvalue weighted by Gasteiger charge is 2.34. The van der Waals surface area contributed by atoms with Gasteiger partial charge in [0.1, 0.15) is 0 Å². The molecular weight excluding hydrogens is 347 g/mol. The van der Waals surface area contributed by atoms with Gasteiger partial charge in [-0.3, -0.25) is 0 Å². The van der Waals surface area contributed by atoms with Crippen LogP contribution in [-0.4, -0.2) is 37.3 Å². The molecule has 2 saturated carbocycles. The van der Waals surface area contributed by atoms with Crippen LogP contribution in [0.2, 0.25) is 0 Å². The third-order valence-corrected chi connectivity index (χ3v) is 4.64. The summed E-state index contributed by atoms with van der Waals surface area (Å²) in [5.74, 6) is 1.94. The first-order valence-electron chi connectivity index (χ1n) is 8.78. The summed E-state index contributed by atoms with van der Waals surface area (Å²) in [7, 11) is 0. The summed E-state index contributed by atoms with van der Waals surface area (Å²) in [6.07, 6.45) is 1.36. The molecule has 0 aliphatic heterocycles. The first-order valence-corrected chi connectivity index (χ1v) is 8.78. The van der Waals surface area contributed by atoms with E-state index in [-0.39, 0.29) is 12.0 Å². The molecule has 0 saturated heterocycles. The van der Waals surface area contributed by atoms with Gasteiger partial charge in [0, 0.05) is 18.8 Å². The molecule has 0 spiro atoms. The van der Waals surface area contributed by atoms with Crippen molar-refractivity contribution in [2.45, 2.75) is 44.8 Å². The number of hydrogen-bond donors (Lipinski definition) is 2. The van der Waals surface area contributed by atoms with Crippen molar-refractivity contribution in [3.05, 3.63) is 18.0 Å². The molecule has 2 aliphatic rings. The molecule has 0 aromatic carbocycles. The number of hydrogen-bond acceptors (Lipinski definition) is 6. The Kier molecular flexibility index (Phi) is 4.20. The van der Waals surface area contributed by atoms with Crippen LogP contribution in [0, 0.1) is 11.8 Å². The average molecular weight is 367 g/mol. The topological polar surface area (TPSA) is 80.5 Å². The van der Waals surface area contributed by atoms with Crippen molar-refractivity contribution in [3.8, 4) is 5.95 Å². The van der Waals surface area contributed by atoms with Gasteiger partial charge in [-0.2, -0.15) is 33.2 Å². The van der Waals surface area contributed by atoms with Gasteiger partial charge in [-0.15, -0.1) is 0 Å². The van der Waals surface area contributed by atoms with Crippen molar-refractivity contribution in [2.75, 3.05) is 17.2 Å². The van der Waals surface area contributed by atoms with Gasteiger partial charge in [0.15, 0.2) is 5.69 Å². The molecule has 2 fully saturated rings. The third-order valence-electron chi connectivity index (χ3n) is 4.64. The molecule has 4 rings (SSSR count). The molecule has 1 atom stereocenters. The van der Waals surface area contributed by atoms with E-state index in [4.69, 9.17) is 0 Å². The fraction of sp³-hybridized carbons (Fsp3) is 0.625. The highest BCUT2D eigenvalue weighted by molar-refractivity contribution is 5.39. The van der Waals surface area contributed by atoms with E-state index in [1.165, 1.54) is 19.0 Å². The summed E-state index contributed by atoms with van der Waals surface area (Å²) >= 11 is 0. The van der Waals surface area contributed by atoms with Gasteiger partial charge in [0.25, 0.3) is 5.95 Å². The second-order valence-electron chi connectivity index (χ2n) is 7.02. The predicted molar refractivity (Wildman–Crippen MR) is 89.0 cm³/mol. The van der Waals surface area contributed by atoms with Crippen molar-refractivity contribution in [1.82, 2.24) is 24.7 Å². The first kappa shape index (κ1) is 17.0. The van der Waals surface area contributed by atoms with Gasteiger partial charge < -0.3 is 10.6 Å². The van der Waals surface area contributed by atoms with E-state index >= 15 is 0 Å². The molecule has 2 aromatic heterocycles. The van der Waals surface area contributed by atoms with E-state index in [9.17, 15) is 13.2 Å². The minimum atomic E-state index is -4.51. The molecule has 26 heavy (non-hydrogen) atoms. The minimum absolute atomic E-state index is 0.0549. The summed E-state index contributed by atoms with van der Waals surface area (Å²) < 4.78 is 39.4. The molecule has 0 amide bonds. The lowest BCUT2D eigenvalue weighted by molar-refractivity contribution is -0.141. The molecule has 10 heteroatoms. The second-order valence-corrected chi connectivity index (χ2v) is 7.02. The van der Waals surface area contributed by atoms with Crippen LogP contribution >= 0.6 is 0 Å². The first-order chi connectivity index (χ1) is 12.4. The Morgan fingerprint density at radius 3 is 2.50 bits per heavy atom. The van der Waals surface area contributed by atoms with E-state index in [1.807, 2.05) is 6.92 Å². The van der Waals surface area contributed by atoms with Gasteiger partial charge in [-0.1, -0.05) is 0 Å². The Morgan fingerprint density at radius 1 is 1.15 bits per heavy atom. The van der Waals surface area contributed by atoms with Crippen LogP contribution in [-0.2, 0) is 6.18 Å². The van der Waals surface area contributed by atoms with Crippen molar-refractivity contribution in [2.24, 2.45) is 11.8 Å². The van der Waals surface area contributed by atoms with Crippen LogP contribution in [0.1, 0.15) is 38.3 Å². The van der Waals surface area contributed by atoms with Crippen LogP contribution in [0.4, 0.5) is 25.1 Å². The minimum Gasteiger partial charge on any atom is -0.354 e. The van der Waals surface area contributed by atoms with E-state index in [1.54, 1.807) is 0 Å². The smallest absolute Gasteiger partial charge is 0.354 e. The Morgan fingerprint density at radius 2 is 1.88 bits per heavy atom. The number of aromatic nitrogens is 5. The average Bonchev–Trinajstić information content (AvgIpc) is 3.50. The molecule has 2 heterocycles. The zero-order valence-corrected chi connectivity index (χ0v) is 14.3. The van der Waals surface area contributed by atoms with Crippen LogP contribution < -0.4 is 10.6 Å². The number of nitrogens with one attached hydrogen (secondary N) is 2. The number of alkyl halides is 3.